The number of piperidine rings is 3. The molecule has 3 aliphatic heterocycles. The molecule has 5 nitrogen and oxygen atoms in total. The molecular formula is C19H22BrN3O2S. The molecule has 3 aliphatic rings. The van der Waals surface area contributed by atoms with Gasteiger partial charge in [-0.2, -0.15) is 0 Å². The highest BCUT2D eigenvalue weighted by molar-refractivity contribution is 9.10. The molecule has 5 rings (SSSR count). The Balaban J connectivity index is 1.59. The Kier molecular flexibility index (Phi) is 5.14. The normalized spacial score (nSPS) is 28.2. The van der Waals surface area contributed by atoms with Crippen LogP contribution < -0.4 is 4.72 Å². The quantitative estimate of drug-likeness (QED) is 0.783. The number of hydrogen-bond donors (Lipinski definition) is 1. The molecule has 0 unspecified atom stereocenters. The highest BCUT2D eigenvalue weighted by Crippen LogP contribution is 2.34. The summed E-state index contributed by atoms with van der Waals surface area (Å²) in [5, 5.41) is 0. The Morgan fingerprint density at radius 1 is 1.15 bits per heavy atom. The number of aromatic nitrogens is 1. The molecule has 7 heteroatoms. The van der Waals surface area contributed by atoms with Crippen molar-refractivity contribution in [2.45, 2.75) is 36.2 Å². The molecule has 0 radical (unpaired) electrons. The second-order valence-electron chi connectivity index (χ2n) is 7.11. The molecule has 2 bridgehead atoms. The molecule has 1 N–H and O–H groups in total. The number of hydrogen-bond acceptors (Lipinski definition) is 4. The van der Waals surface area contributed by atoms with E-state index in [1.165, 1.54) is 0 Å². The topological polar surface area (TPSA) is 62.3 Å². The zero-order chi connectivity index (χ0) is 18.1. The van der Waals surface area contributed by atoms with E-state index in [0.29, 0.717) is 10.8 Å². The molecule has 1 aromatic heterocycles. The highest BCUT2D eigenvalue weighted by Gasteiger charge is 2.43. The molecular weight excluding hydrogens is 414 g/mol. The van der Waals surface area contributed by atoms with Crippen LogP contribution in [0.25, 0.3) is 0 Å². The Morgan fingerprint density at radius 2 is 1.88 bits per heavy atom. The summed E-state index contributed by atoms with van der Waals surface area (Å²) in [6, 6.07) is 10.9. The summed E-state index contributed by atoms with van der Waals surface area (Å²) in [4.78, 5) is 6.96. The third kappa shape index (κ3) is 3.71. The zero-order valence-corrected chi connectivity index (χ0v) is 16.8. The van der Waals surface area contributed by atoms with Crippen LogP contribution in [0.3, 0.4) is 0 Å². The van der Waals surface area contributed by atoms with E-state index in [9.17, 15) is 8.42 Å². The number of rotatable bonds is 5. The lowest BCUT2D eigenvalue weighted by Gasteiger charge is -2.51. The molecule has 0 aliphatic carbocycles. The van der Waals surface area contributed by atoms with Crippen molar-refractivity contribution in [3.8, 4) is 0 Å². The maximum Gasteiger partial charge on any atom is 0.240 e. The number of nitrogens with one attached hydrogen (secondary N) is 1. The van der Waals surface area contributed by atoms with Crippen LogP contribution in [0, 0.1) is 5.92 Å². The van der Waals surface area contributed by atoms with Crippen LogP contribution in [0.1, 0.15) is 18.4 Å². The van der Waals surface area contributed by atoms with Crippen molar-refractivity contribution in [1.29, 1.82) is 0 Å². The van der Waals surface area contributed by atoms with E-state index in [1.54, 1.807) is 30.5 Å². The summed E-state index contributed by atoms with van der Waals surface area (Å²) >= 11 is 3.36. The van der Waals surface area contributed by atoms with E-state index in [2.05, 4.69) is 36.6 Å². The van der Waals surface area contributed by atoms with Gasteiger partial charge in [0.2, 0.25) is 10.0 Å². The van der Waals surface area contributed by atoms with Crippen molar-refractivity contribution in [1.82, 2.24) is 14.6 Å². The lowest BCUT2D eigenvalue weighted by molar-refractivity contribution is 0.0222. The van der Waals surface area contributed by atoms with Crippen molar-refractivity contribution < 1.29 is 8.42 Å². The molecule has 3 fully saturated rings. The summed E-state index contributed by atoms with van der Waals surface area (Å²) in [5.41, 5.74) is 1.15. The van der Waals surface area contributed by atoms with Crippen LogP contribution in [-0.4, -0.2) is 43.5 Å². The number of nitrogens with zero attached hydrogens (tertiary/aromatic N) is 2. The van der Waals surface area contributed by atoms with Crippen LogP contribution in [0.15, 0.2) is 58.2 Å². The van der Waals surface area contributed by atoms with Gasteiger partial charge < -0.3 is 0 Å². The van der Waals surface area contributed by atoms with Gasteiger partial charge in [-0.15, -0.1) is 0 Å². The van der Waals surface area contributed by atoms with E-state index < -0.39 is 10.0 Å². The predicted molar refractivity (Wildman–Crippen MR) is 104 cm³/mol. The smallest absolute Gasteiger partial charge is 0.240 e. The summed E-state index contributed by atoms with van der Waals surface area (Å²) in [6.07, 6.45) is 6.57. The summed E-state index contributed by atoms with van der Waals surface area (Å²) in [6.45, 7) is 2.10. The molecule has 0 spiro atoms. The summed E-state index contributed by atoms with van der Waals surface area (Å²) < 4.78 is 29.8. The Morgan fingerprint density at radius 3 is 2.54 bits per heavy atom. The largest absolute Gasteiger partial charge is 0.298 e. The Hall–Kier alpha value is -1.28. The van der Waals surface area contributed by atoms with Crippen molar-refractivity contribution in [2.75, 3.05) is 13.1 Å². The molecule has 26 heavy (non-hydrogen) atoms. The average molecular weight is 436 g/mol. The molecule has 2 aromatic rings. The molecule has 138 valence electrons. The standard InChI is InChI=1S/C19H22BrN3O2S/c20-16-3-5-17(6-4-16)26(24,25)22-19-15-7-10-23(11-8-15)18(19)12-14-2-1-9-21-13-14/h1-6,9,13,15,18-19,22H,7-8,10-12H2/t18-,19-/m1/s1. The number of pyridine rings is 1. The van der Waals surface area contributed by atoms with Gasteiger partial charge in [0.05, 0.1) is 4.90 Å². The van der Waals surface area contributed by atoms with Gasteiger partial charge in [0, 0.05) is 29.0 Å². The van der Waals surface area contributed by atoms with Gasteiger partial charge in [-0.25, -0.2) is 13.1 Å². The highest BCUT2D eigenvalue weighted by atomic mass is 79.9. The first-order chi connectivity index (χ1) is 12.5. The van der Waals surface area contributed by atoms with Gasteiger partial charge in [0.15, 0.2) is 0 Å². The van der Waals surface area contributed by atoms with Crippen molar-refractivity contribution >= 4 is 26.0 Å². The van der Waals surface area contributed by atoms with E-state index >= 15 is 0 Å². The summed E-state index contributed by atoms with van der Waals surface area (Å²) in [5.74, 6) is 0.395. The monoisotopic (exact) mass is 435 g/mol. The number of sulfonamides is 1. The fourth-order valence-corrected chi connectivity index (χ4v) is 5.81. The first-order valence-electron chi connectivity index (χ1n) is 8.94. The minimum atomic E-state index is -3.54. The molecule has 3 saturated heterocycles. The van der Waals surface area contributed by atoms with Crippen LogP contribution >= 0.6 is 15.9 Å². The molecule has 0 amide bonds. The maximum absolute atomic E-state index is 12.9. The number of fused-ring (bicyclic) bond motifs is 3. The van der Waals surface area contributed by atoms with Crippen molar-refractivity contribution in [2.24, 2.45) is 5.92 Å². The van der Waals surface area contributed by atoms with Crippen LogP contribution in [0.2, 0.25) is 0 Å². The zero-order valence-electron chi connectivity index (χ0n) is 14.4. The minimum absolute atomic E-state index is 0.0636. The van der Waals surface area contributed by atoms with Crippen molar-refractivity contribution in [3.05, 3.63) is 58.8 Å². The van der Waals surface area contributed by atoms with E-state index in [1.807, 2.05) is 12.3 Å². The predicted octanol–water partition coefficient (Wildman–Crippen LogP) is 2.83. The lowest BCUT2D eigenvalue weighted by atomic mass is 9.77. The molecule has 4 heterocycles. The SMILES string of the molecule is O=S(=O)(N[C@@H]1C2CCN(CC2)[C@@H]1Cc1cccnc1)c1ccc(Br)cc1. The number of benzene rings is 1. The van der Waals surface area contributed by atoms with E-state index in [-0.39, 0.29) is 12.1 Å². The van der Waals surface area contributed by atoms with Crippen LogP contribution in [0.5, 0.6) is 0 Å². The van der Waals surface area contributed by atoms with Gasteiger partial charge in [-0.3, -0.25) is 9.88 Å². The third-order valence-corrected chi connectivity index (χ3v) is 7.55. The molecule has 2 atom stereocenters. The van der Waals surface area contributed by atoms with E-state index in [0.717, 1.165) is 42.4 Å². The fourth-order valence-electron chi connectivity index (χ4n) is 4.20. The Labute approximate surface area is 163 Å². The Bertz CT molecular complexity index is 850. The van der Waals surface area contributed by atoms with Gasteiger partial charge in [-0.05, 0) is 74.2 Å². The van der Waals surface area contributed by atoms with Crippen LogP contribution in [-0.2, 0) is 16.4 Å². The van der Waals surface area contributed by atoms with Crippen LogP contribution in [0.4, 0.5) is 0 Å². The fraction of sp³-hybridized carbons (Fsp3) is 0.421. The average Bonchev–Trinajstić information content (AvgIpc) is 2.65. The minimum Gasteiger partial charge on any atom is -0.298 e. The first-order valence-corrected chi connectivity index (χ1v) is 11.2. The first kappa shape index (κ1) is 18.1. The summed E-state index contributed by atoms with van der Waals surface area (Å²) in [7, 11) is -3.54. The second-order valence-corrected chi connectivity index (χ2v) is 9.74. The molecule has 0 saturated carbocycles. The van der Waals surface area contributed by atoms with Gasteiger partial charge in [0.25, 0.3) is 0 Å². The molecule has 1 aromatic carbocycles. The second kappa shape index (κ2) is 7.38. The van der Waals surface area contributed by atoms with Crippen molar-refractivity contribution in [3.63, 3.8) is 0 Å². The maximum atomic E-state index is 12.9. The number of halogens is 1. The van der Waals surface area contributed by atoms with E-state index in [4.69, 9.17) is 0 Å². The van der Waals surface area contributed by atoms with Gasteiger partial charge in [-0.1, -0.05) is 22.0 Å². The van der Waals surface area contributed by atoms with Gasteiger partial charge in [0.1, 0.15) is 0 Å². The van der Waals surface area contributed by atoms with Gasteiger partial charge >= 0.3 is 0 Å². The lowest BCUT2D eigenvalue weighted by Crippen LogP contribution is -2.64. The third-order valence-electron chi connectivity index (χ3n) is 5.55.